The van der Waals surface area contributed by atoms with Crippen LogP contribution in [0.4, 0.5) is 0 Å². The molecule has 0 radical (unpaired) electrons. The van der Waals surface area contributed by atoms with Crippen LogP contribution in [0, 0.1) is 12.8 Å². The molecule has 2 unspecified atom stereocenters. The summed E-state index contributed by atoms with van der Waals surface area (Å²) < 4.78 is 4.46. The van der Waals surface area contributed by atoms with Crippen LogP contribution >= 0.6 is 11.6 Å². The van der Waals surface area contributed by atoms with Crippen molar-refractivity contribution in [1.82, 2.24) is 19.3 Å². The van der Waals surface area contributed by atoms with Gasteiger partial charge in [0.1, 0.15) is 11.3 Å². The average molecular weight is 295 g/mol. The maximum Gasteiger partial charge on any atom is 0.159 e. The van der Waals surface area contributed by atoms with Crippen LogP contribution in [0.2, 0.25) is 0 Å². The van der Waals surface area contributed by atoms with Crippen LogP contribution < -0.4 is 0 Å². The molecule has 0 spiro atoms. The van der Waals surface area contributed by atoms with E-state index in [0.29, 0.717) is 17.8 Å². The third kappa shape index (κ3) is 2.05. The zero-order valence-corrected chi connectivity index (χ0v) is 13.3. The number of halogens is 1. The summed E-state index contributed by atoms with van der Waals surface area (Å²) in [5, 5.41) is 4.61. The van der Waals surface area contributed by atoms with Gasteiger partial charge in [0, 0.05) is 12.6 Å². The highest BCUT2D eigenvalue weighted by atomic mass is 35.5. The molecule has 20 heavy (non-hydrogen) atoms. The topological polar surface area (TPSA) is 35.6 Å². The molecule has 1 fully saturated rings. The molecule has 2 aromatic heterocycles. The van der Waals surface area contributed by atoms with E-state index in [9.17, 15) is 0 Å². The Morgan fingerprint density at radius 1 is 1.30 bits per heavy atom. The lowest BCUT2D eigenvalue weighted by Gasteiger charge is -2.31. The van der Waals surface area contributed by atoms with E-state index >= 15 is 0 Å². The first-order chi connectivity index (χ1) is 9.67. The number of fused-ring (bicyclic) bond motifs is 1. The predicted octanol–water partition coefficient (Wildman–Crippen LogP) is 4.05. The second-order valence-corrected chi connectivity index (χ2v) is 6.20. The molecule has 2 aromatic rings. The Balaban J connectivity index is 2.20. The normalized spacial score (nSPS) is 23.6. The number of rotatable bonds is 3. The van der Waals surface area contributed by atoms with Crippen molar-refractivity contribution in [3.05, 3.63) is 11.5 Å². The van der Waals surface area contributed by atoms with Gasteiger partial charge >= 0.3 is 0 Å². The van der Waals surface area contributed by atoms with E-state index in [1.807, 2.05) is 6.92 Å². The molecule has 0 bridgehead atoms. The molecule has 5 heteroatoms. The van der Waals surface area contributed by atoms with Crippen molar-refractivity contribution in [3.63, 3.8) is 0 Å². The molecular weight excluding hydrogens is 272 g/mol. The van der Waals surface area contributed by atoms with E-state index in [2.05, 4.69) is 28.2 Å². The quantitative estimate of drug-likeness (QED) is 0.801. The van der Waals surface area contributed by atoms with Gasteiger partial charge in [0.15, 0.2) is 5.65 Å². The molecule has 1 saturated carbocycles. The van der Waals surface area contributed by atoms with Crippen molar-refractivity contribution in [2.24, 2.45) is 5.92 Å². The van der Waals surface area contributed by atoms with Crippen molar-refractivity contribution in [3.8, 4) is 0 Å². The Kier molecular flexibility index (Phi) is 3.76. The fourth-order valence-corrected chi connectivity index (χ4v) is 3.77. The van der Waals surface area contributed by atoms with Crippen molar-refractivity contribution in [2.45, 2.75) is 64.9 Å². The molecule has 110 valence electrons. The molecule has 4 nitrogen and oxygen atoms in total. The molecule has 1 aliphatic rings. The van der Waals surface area contributed by atoms with E-state index in [4.69, 9.17) is 16.6 Å². The number of hydrogen-bond donors (Lipinski definition) is 0. The third-order valence-electron chi connectivity index (χ3n) is 4.63. The van der Waals surface area contributed by atoms with Crippen molar-refractivity contribution >= 4 is 22.8 Å². The lowest BCUT2D eigenvalue weighted by molar-refractivity contribution is 0.256. The van der Waals surface area contributed by atoms with Crippen molar-refractivity contribution < 1.29 is 0 Å². The second kappa shape index (κ2) is 5.40. The van der Waals surface area contributed by atoms with Gasteiger partial charge in [0.05, 0.1) is 11.6 Å². The summed E-state index contributed by atoms with van der Waals surface area (Å²) in [6, 6.07) is 0.518. The number of aromatic nitrogens is 4. The SMILES string of the molecule is CCn1nc(C)c2nc(CCl)n(C3CCCCC3C)c21. The molecule has 1 aliphatic carbocycles. The number of aryl methyl sites for hydroxylation is 2. The summed E-state index contributed by atoms with van der Waals surface area (Å²) in [4.78, 5) is 4.76. The minimum atomic E-state index is 0.473. The van der Waals surface area contributed by atoms with Gasteiger partial charge in [-0.15, -0.1) is 11.6 Å². The fourth-order valence-electron chi connectivity index (χ4n) is 3.58. The summed E-state index contributed by atoms with van der Waals surface area (Å²) in [5.74, 6) is 2.16. The van der Waals surface area contributed by atoms with Gasteiger partial charge < -0.3 is 4.57 Å². The zero-order chi connectivity index (χ0) is 14.3. The smallest absolute Gasteiger partial charge is 0.159 e. The molecule has 0 aliphatic heterocycles. The van der Waals surface area contributed by atoms with Crippen LogP contribution in [-0.4, -0.2) is 19.3 Å². The lowest BCUT2D eigenvalue weighted by atomic mass is 9.85. The van der Waals surface area contributed by atoms with E-state index in [-0.39, 0.29) is 0 Å². The number of nitrogens with zero attached hydrogens (tertiary/aromatic N) is 4. The number of alkyl halides is 1. The van der Waals surface area contributed by atoms with Gasteiger partial charge in [-0.3, -0.25) is 0 Å². The highest BCUT2D eigenvalue weighted by Crippen LogP contribution is 2.37. The van der Waals surface area contributed by atoms with Gasteiger partial charge in [-0.05, 0) is 32.6 Å². The van der Waals surface area contributed by atoms with E-state index in [1.165, 1.54) is 31.3 Å². The Bertz CT molecular complexity index is 613. The lowest BCUT2D eigenvalue weighted by Crippen LogP contribution is -2.23. The standard InChI is InChI=1S/C15H23ClN4/c1-4-19-15-14(11(3)18-19)17-13(9-16)20(15)12-8-6-5-7-10(12)2/h10,12H,4-9H2,1-3H3. The van der Waals surface area contributed by atoms with Crippen LogP contribution in [0.1, 0.15) is 57.1 Å². The molecule has 3 rings (SSSR count). The average Bonchev–Trinajstić information content (AvgIpc) is 2.97. The molecule has 0 aromatic carbocycles. The molecule has 0 saturated heterocycles. The van der Waals surface area contributed by atoms with Crippen LogP contribution in [0.25, 0.3) is 11.2 Å². The Labute approximate surface area is 125 Å². The predicted molar refractivity (Wildman–Crippen MR) is 82.2 cm³/mol. The monoisotopic (exact) mass is 294 g/mol. The van der Waals surface area contributed by atoms with Crippen molar-refractivity contribution in [1.29, 1.82) is 0 Å². The molecule has 0 N–H and O–H groups in total. The highest BCUT2D eigenvalue weighted by Gasteiger charge is 2.28. The zero-order valence-electron chi connectivity index (χ0n) is 12.6. The van der Waals surface area contributed by atoms with Crippen LogP contribution in [0.5, 0.6) is 0 Å². The Hall–Kier alpha value is -1.03. The summed E-state index contributed by atoms with van der Waals surface area (Å²) >= 11 is 6.16. The maximum absolute atomic E-state index is 6.16. The molecule has 2 heterocycles. The van der Waals surface area contributed by atoms with Crippen LogP contribution in [0.3, 0.4) is 0 Å². The minimum Gasteiger partial charge on any atom is -0.308 e. The van der Waals surface area contributed by atoms with E-state index < -0.39 is 0 Å². The van der Waals surface area contributed by atoms with Gasteiger partial charge in [-0.1, -0.05) is 19.8 Å². The third-order valence-corrected chi connectivity index (χ3v) is 4.87. The summed E-state index contributed by atoms with van der Waals surface area (Å²) in [5.41, 5.74) is 3.20. The summed E-state index contributed by atoms with van der Waals surface area (Å²) in [6.45, 7) is 7.40. The molecule has 2 atom stereocenters. The maximum atomic E-state index is 6.16. The summed E-state index contributed by atoms with van der Waals surface area (Å²) in [6.07, 6.45) is 5.17. The molecular formula is C15H23ClN4. The van der Waals surface area contributed by atoms with E-state index in [0.717, 1.165) is 23.6 Å². The van der Waals surface area contributed by atoms with Gasteiger partial charge in [0.25, 0.3) is 0 Å². The largest absolute Gasteiger partial charge is 0.308 e. The number of hydrogen-bond acceptors (Lipinski definition) is 2. The Morgan fingerprint density at radius 2 is 2.05 bits per heavy atom. The first-order valence-electron chi connectivity index (χ1n) is 7.67. The van der Waals surface area contributed by atoms with Gasteiger partial charge in [0.2, 0.25) is 0 Å². The second-order valence-electron chi connectivity index (χ2n) is 5.93. The van der Waals surface area contributed by atoms with Crippen molar-refractivity contribution in [2.75, 3.05) is 0 Å². The first-order valence-corrected chi connectivity index (χ1v) is 8.21. The minimum absolute atomic E-state index is 0.473. The highest BCUT2D eigenvalue weighted by molar-refractivity contribution is 6.16. The first kappa shape index (κ1) is 13.9. The van der Waals surface area contributed by atoms with Gasteiger partial charge in [-0.25, -0.2) is 9.67 Å². The van der Waals surface area contributed by atoms with Crippen LogP contribution in [0.15, 0.2) is 0 Å². The fraction of sp³-hybridized carbons (Fsp3) is 0.733. The van der Waals surface area contributed by atoms with Crippen LogP contribution in [-0.2, 0) is 12.4 Å². The Morgan fingerprint density at radius 3 is 2.70 bits per heavy atom. The van der Waals surface area contributed by atoms with Gasteiger partial charge in [-0.2, -0.15) is 5.10 Å². The molecule has 0 amide bonds. The van der Waals surface area contributed by atoms with E-state index in [1.54, 1.807) is 0 Å². The summed E-state index contributed by atoms with van der Waals surface area (Å²) in [7, 11) is 0. The number of imidazole rings is 1.